The van der Waals surface area contributed by atoms with Gasteiger partial charge in [-0.2, -0.15) is 9.61 Å². The lowest BCUT2D eigenvalue weighted by Crippen LogP contribution is -2.50. The molecule has 0 spiro atoms. The molecular weight excluding hydrogens is 474 g/mol. The van der Waals surface area contributed by atoms with Gasteiger partial charge in [-0.3, -0.25) is 4.79 Å². The molecule has 0 saturated heterocycles. The summed E-state index contributed by atoms with van der Waals surface area (Å²) in [5.74, 6) is 0.855. The molecule has 0 unspecified atom stereocenters. The van der Waals surface area contributed by atoms with Crippen molar-refractivity contribution in [3.63, 3.8) is 0 Å². The number of carbonyl (C=O) groups is 1. The van der Waals surface area contributed by atoms with Gasteiger partial charge in [-0.25, -0.2) is 0 Å². The van der Waals surface area contributed by atoms with E-state index in [9.17, 15) is 15.0 Å². The Morgan fingerprint density at radius 3 is 2.69 bits per heavy atom. The van der Waals surface area contributed by atoms with E-state index in [1.807, 2.05) is 17.5 Å². The molecule has 2 fully saturated rings. The SMILES string of the molecule is CCCc1cc(-c2cccs2)nn2c(CC(=O)N[C@@H](CC3CCCCC3)[C@@H](O)[C@@H](O)C3CC3)nnc12. The number of thiophene rings is 1. The molecular formula is C27H37N5O3S. The highest BCUT2D eigenvalue weighted by atomic mass is 32.1. The van der Waals surface area contributed by atoms with Crippen LogP contribution in [0.4, 0.5) is 0 Å². The molecule has 0 bridgehead atoms. The molecule has 0 aliphatic heterocycles. The molecule has 5 rings (SSSR count). The molecule has 36 heavy (non-hydrogen) atoms. The van der Waals surface area contributed by atoms with E-state index in [1.54, 1.807) is 15.9 Å². The highest BCUT2D eigenvalue weighted by Crippen LogP contribution is 2.36. The van der Waals surface area contributed by atoms with Crippen LogP contribution in [0.3, 0.4) is 0 Å². The smallest absolute Gasteiger partial charge is 0.228 e. The van der Waals surface area contributed by atoms with E-state index in [0.717, 1.165) is 54.7 Å². The van der Waals surface area contributed by atoms with Gasteiger partial charge in [0, 0.05) is 5.56 Å². The minimum absolute atomic E-state index is 0.0149. The number of rotatable bonds is 11. The van der Waals surface area contributed by atoms with Gasteiger partial charge in [-0.15, -0.1) is 21.5 Å². The summed E-state index contributed by atoms with van der Waals surface area (Å²) in [6.07, 6.45) is 8.51. The molecule has 2 aliphatic rings. The van der Waals surface area contributed by atoms with Gasteiger partial charge in [0.2, 0.25) is 5.91 Å². The van der Waals surface area contributed by atoms with Crippen molar-refractivity contribution in [3.05, 3.63) is 35.0 Å². The summed E-state index contributed by atoms with van der Waals surface area (Å²) in [5.41, 5.74) is 2.59. The average Bonchev–Trinajstić information content (AvgIpc) is 3.43. The van der Waals surface area contributed by atoms with E-state index in [2.05, 4.69) is 28.5 Å². The van der Waals surface area contributed by atoms with Gasteiger partial charge in [-0.05, 0) is 55.0 Å². The Morgan fingerprint density at radius 1 is 1.19 bits per heavy atom. The zero-order chi connectivity index (χ0) is 25.1. The van der Waals surface area contributed by atoms with Gasteiger partial charge in [0.05, 0.1) is 23.4 Å². The second-order valence-corrected chi connectivity index (χ2v) is 11.5. The number of hydrogen-bond acceptors (Lipinski definition) is 7. The normalized spacial score (nSPS) is 19.3. The number of carbonyl (C=O) groups excluding carboxylic acids is 1. The maximum absolute atomic E-state index is 13.2. The van der Waals surface area contributed by atoms with Gasteiger partial charge in [-0.1, -0.05) is 51.5 Å². The Balaban J connectivity index is 1.35. The number of amides is 1. The second kappa shape index (κ2) is 11.4. The van der Waals surface area contributed by atoms with Gasteiger partial charge in [0.15, 0.2) is 11.5 Å². The van der Waals surface area contributed by atoms with Crippen molar-refractivity contribution >= 4 is 22.9 Å². The summed E-state index contributed by atoms with van der Waals surface area (Å²) >= 11 is 1.62. The van der Waals surface area contributed by atoms with Gasteiger partial charge in [0.1, 0.15) is 11.8 Å². The number of aliphatic hydroxyl groups is 2. The molecule has 3 heterocycles. The first kappa shape index (κ1) is 25.3. The molecule has 0 aromatic carbocycles. The van der Waals surface area contributed by atoms with Crippen LogP contribution in [-0.4, -0.2) is 54.2 Å². The maximum atomic E-state index is 13.2. The highest BCUT2D eigenvalue weighted by molar-refractivity contribution is 7.13. The quantitative estimate of drug-likeness (QED) is 0.360. The van der Waals surface area contributed by atoms with E-state index in [4.69, 9.17) is 5.10 Å². The fourth-order valence-electron chi connectivity index (χ4n) is 5.51. The standard InChI is InChI=1S/C27H37N5O3S/c1-2-7-19-15-20(22-10-6-13-36-22)31-32-23(29-30-27(19)32)16-24(33)28-21(14-17-8-4-3-5-9-17)26(35)25(34)18-11-12-18/h6,10,13,15,17-18,21,25-26,34-35H,2-5,7-9,11-12,14,16H2,1H3,(H,28,33)/t21-,25-,26+/m0/s1. The molecule has 2 saturated carbocycles. The fourth-order valence-corrected chi connectivity index (χ4v) is 6.19. The van der Waals surface area contributed by atoms with Crippen LogP contribution in [0.2, 0.25) is 0 Å². The Morgan fingerprint density at radius 2 is 2.00 bits per heavy atom. The van der Waals surface area contributed by atoms with Crippen molar-refractivity contribution in [1.82, 2.24) is 25.1 Å². The largest absolute Gasteiger partial charge is 0.390 e. The zero-order valence-electron chi connectivity index (χ0n) is 21.0. The lowest BCUT2D eigenvalue weighted by atomic mass is 9.82. The first-order chi connectivity index (χ1) is 17.5. The van der Waals surface area contributed by atoms with Crippen LogP contribution in [0.25, 0.3) is 16.2 Å². The van der Waals surface area contributed by atoms with Crippen LogP contribution in [-0.2, 0) is 17.6 Å². The minimum Gasteiger partial charge on any atom is -0.390 e. The van der Waals surface area contributed by atoms with Crippen molar-refractivity contribution in [1.29, 1.82) is 0 Å². The van der Waals surface area contributed by atoms with E-state index in [0.29, 0.717) is 23.8 Å². The number of nitrogens with one attached hydrogen (secondary N) is 1. The van der Waals surface area contributed by atoms with Crippen LogP contribution in [0.5, 0.6) is 0 Å². The molecule has 3 atom stereocenters. The molecule has 194 valence electrons. The third-order valence-corrected chi connectivity index (χ3v) is 8.54. The van der Waals surface area contributed by atoms with Gasteiger partial charge in [0.25, 0.3) is 0 Å². The van der Waals surface area contributed by atoms with Crippen LogP contribution in [0.1, 0.15) is 76.1 Å². The van der Waals surface area contributed by atoms with Crippen molar-refractivity contribution in [2.75, 3.05) is 0 Å². The second-order valence-electron chi connectivity index (χ2n) is 10.5. The van der Waals surface area contributed by atoms with E-state index >= 15 is 0 Å². The van der Waals surface area contributed by atoms with Gasteiger partial charge < -0.3 is 15.5 Å². The van der Waals surface area contributed by atoms with Crippen molar-refractivity contribution < 1.29 is 15.0 Å². The van der Waals surface area contributed by atoms with Crippen LogP contribution < -0.4 is 5.32 Å². The number of fused-ring (bicyclic) bond motifs is 1. The minimum atomic E-state index is -0.960. The topological polar surface area (TPSA) is 113 Å². The van der Waals surface area contributed by atoms with Crippen molar-refractivity contribution in [2.45, 2.75) is 95.8 Å². The molecule has 8 nitrogen and oxygen atoms in total. The third kappa shape index (κ3) is 5.79. The summed E-state index contributed by atoms with van der Waals surface area (Å²) < 4.78 is 1.70. The lowest BCUT2D eigenvalue weighted by molar-refractivity contribution is -0.123. The van der Waals surface area contributed by atoms with Crippen LogP contribution in [0.15, 0.2) is 23.6 Å². The molecule has 3 aromatic heterocycles. The summed E-state index contributed by atoms with van der Waals surface area (Å²) in [4.78, 5) is 14.3. The summed E-state index contributed by atoms with van der Waals surface area (Å²) in [7, 11) is 0. The predicted molar refractivity (Wildman–Crippen MR) is 140 cm³/mol. The highest BCUT2D eigenvalue weighted by Gasteiger charge is 2.39. The van der Waals surface area contributed by atoms with Crippen LogP contribution in [0, 0.1) is 11.8 Å². The number of aryl methyl sites for hydroxylation is 1. The van der Waals surface area contributed by atoms with E-state index < -0.39 is 18.2 Å². The Labute approximate surface area is 216 Å². The Kier molecular flexibility index (Phi) is 7.98. The van der Waals surface area contributed by atoms with Crippen LogP contribution >= 0.6 is 11.3 Å². The average molecular weight is 512 g/mol. The molecule has 9 heteroatoms. The zero-order valence-corrected chi connectivity index (χ0v) is 21.8. The monoisotopic (exact) mass is 511 g/mol. The summed E-state index contributed by atoms with van der Waals surface area (Å²) in [5, 5.41) is 40.2. The fraction of sp³-hybridized carbons (Fsp3) is 0.630. The molecule has 1 amide bonds. The first-order valence-corrected chi connectivity index (χ1v) is 14.3. The van der Waals surface area contributed by atoms with Gasteiger partial charge >= 0.3 is 0 Å². The first-order valence-electron chi connectivity index (χ1n) is 13.5. The molecule has 0 radical (unpaired) electrons. The number of aromatic nitrogens is 4. The van der Waals surface area contributed by atoms with E-state index in [1.165, 1.54) is 19.3 Å². The van der Waals surface area contributed by atoms with E-state index in [-0.39, 0.29) is 18.2 Å². The predicted octanol–water partition coefficient (Wildman–Crippen LogP) is 3.93. The molecule has 2 aliphatic carbocycles. The number of nitrogens with zero attached hydrogens (tertiary/aromatic N) is 4. The number of aliphatic hydroxyl groups excluding tert-OH is 2. The molecule has 3 aromatic rings. The number of hydrogen-bond donors (Lipinski definition) is 3. The third-order valence-electron chi connectivity index (χ3n) is 7.65. The Bertz CT molecular complexity index is 1150. The summed E-state index contributed by atoms with van der Waals surface area (Å²) in [6.45, 7) is 2.13. The molecule has 3 N–H and O–H groups in total. The van der Waals surface area contributed by atoms with Crippen molar-refractivity contribution in [3.8, 4) is 10.6 Å². The van der Waals surface area contributed by atoms with Crippen molar-refractivity contribution in [2.24, 2.45) is 11.8 Å². The lowest BCUT2D eigenvalue weighted by Gasteiger charge is -2.32. The summed E-state index contributed by atoms with van der Waals surface area (Å²) in [6, 6.07) is 5.63. The maximum Gasteiger partial charge on any atom is 0.228 e. The Hall–Kier alpha value is -2.36.